The number of fused-ring (bicyclic) bond motifs is 4. The second-order valence-electron chi connectivity index (χ2n) is 9.73. The van der Waals surface area contributed by atoms with Gasteiger partial charge in [-0.05, 0) is 43.6 Å². The molecule has 2 N–H and O–H groups in total. The topological polar surface area (TPSA) is 103 Å². The first kappa shape index (κ1) is 21.1. The highest BCUT2D eigenvalue weighted by Crippen LogP contribution is 2.42. The molecule has 7 rings (SSSR count). The van der Waals surface area contributed by atoms with E-state index in [-0.39, 0.29) is 11.7 Å². The van der Waals surface area contributed by atoms with E-state index in [0.29, 0.717) is 0 Å². The quantitative estimate of drug-likeness (QED) is 0.404. The molecule has 6 heterocycles. The zero-order chi connectivity index (χ0) is 24.6. The SMILES string of the molecule is Cn1cc(-c2[nH]c3ncc4c(c3c2-c2ccc3c(cnn3C)c2)n(C2CCNCC2)c(=O)n4C)cn1. The molecule has 6 aromatic rings. The monoisotopic (exact) mass is 481 g/mol. The maximum Gasteiger partial charge on any atom is 0.329 e. The van der Waals surface area contributed by atoms with Gasteiger partial charge in [0.2, 0.25) is 0 Å². The summed E-state index contributed by atoms with van der Waals surface area (Å²) in [4.78, 5) is 21.9. The summed E-state index contributed by atoms with van der Waals surface area (Å²) in [5.41, 5.74) is 7.58. The van der Waals surface area contributed by atoms with Crippen molar-refractivity contribution >= 4 is 33.0 Å². The number of aromatic nitrogens is 8. The highest BCUT2D eigenvalue weighted by molar-refractivity contribution is 6.14. The zero-order valence-electron chi connectivity index (χ0n) is 20.5. The van der Waals surface area contributed by atoms with Gasteiger partial charge in [0, 0.05) is 49.9 Å². The van der Waals surface area contributed by atoms with Crippen molar-refractivity contribution in [1.82, 2.24) is 44.0 Å². The van der Waals surface area contributed by atoms with Crippen LogP contribution in [0.3, 0.4) is 0 Å². The minimum absolute atomic E-state index is 0.00369. The number of pyridine rings is 1. The second-order valence-corrected chi connectivity index (χ2v) is 9.73. The minimum Gasteiger partial charge on any atom is -0.339 e. The van der Waals surface area contributed by atoms with Crippen molar-refractivity contribution in [2.45, 2.75) is 18.9 Å². The number of benzene rings is 1. The summed E-state index contributed by atoms with van der Waals surface area (Å²) in [6.07, 6.45) is 9.39. The molecule has 0 radical (unpaired) electrons. The first-order valence-electron chi connectivity index (χ1n) is 12.2. The van der Waals surface area contributed by atoms with Crippen LogP contribution in [0, 0.1) is 0 Å². The molecule has 10 nitrogen and oxygen atoms in total. The van der Waals surface area contributed by atoms with Gasteiger partial charge in [-0.2, -0.15) is 10.2 Å². The smallest absolute Gasteiger partial charge is 0.329 e. The van der Waals surface area contributed by atoms with Crippen LogP contribution in [0.25, 0.3) is 55.4 Å². The van der Waals surface area contributed by atoms with E-state index in [2.05, 4.69) is 38.7 Å². The van der Waals surface area contributed by atoms with Gasteiger partial charge in [-0.25, -0.2) is 9.78 Å². The molecule has 10 heteroatoms. The lowest BCUT2D eigenvalue weighted by atomic mass is 9.98. The number of hydrogen-bond donors (Lipinski definition) is 2. The number of hydrogen-bond acceptors (Lipinski definition) is 5. The molecule has 0 atom stereocenters. The van der Waals surface area contributed by atoms with E-state index in [1.807, 2.05) is 55.2 Å². The Morgan fingerprint density at radius 3 is 2.58 bits per heavy atom. The fraction of sp³-hybridized carbons (Fsp3) is 0.308. The van der Waals surface area contributed by atoms with Gasteiger partial charge in [0.1, 0.15) is 5.65 Å². The highest BCUT2D eigenvalue weighted by atomic mass is 16.1. The fourth-order valence-electron chi connectivity index (χ4n) is 5.76. The maximum atomic E-state index is 13.6. The summed E-state index contributed by atoms with van der Waals surface area (Å²) in [6, 6.07) is 6.53. The molecule has 0 amide bonds. The van der Waals surface area contributed by atoms with Gasteiger partial charge < -0.3 is 10.3 Å². The van der Waals surface area contributed by atoms with Crippen molar-refractivity contribution in [3.8, 4) is 22.4 Å². The Kier molecular flexibility index (Phi) is 4.50. The van der Waals surface area contributed by atoms with Gasteiger partial charge in [0.05, 0.1) is 46.2 Å². The summed E-state index contributed by atoms with van der Waals surface area (Å²) in [5, 5.41) is 14.3. The lowest BCUT2D eigenvalue weighted by Gasteiger charge is -2.24. The summed E-state index contributed by atoms with van der Waals surface area (Å²) in [5.74, 6) is 0. The van der Waals surface area contributed by atoms with Gasteiger partial charge in [-0.15, -0.1) is 0 Å². The first-order chi connectivity index (χ1) is 17.5. The maximum absolute atomic E-state index is 13.6. The molecule has 1 aliphatic heterocycles. The average molecular weight is 482 g/mol. The van der Waals surface area contributed by atoms with Crippen molar-refractivity contribution < 1.29 is 0 Å². The molecular formula is C26H27N9O. The third kappa shape index (κ3) is 2.94. The summed E-state index contributed by atoms with van der Waals surface area (Å²) in [7, 11) is 5.70. The fourth-order valence-corrected chi connectivity index (χ4v) is 5.76. The van der Waals surface area contributed by atoms with Gasteiger partial charge in [0.15, 0.2) is 0 Å². The number of nitrogens with zero attached hydrogens (tertiary/aromatic N) is 7. The molecular weight excluding hydrogens is 454 g/mol. The minimum atomic E-state index is 0.00369. The number of imidazole rings is 1. The molecule has 0 unspecified atom stereocenters. The number of rotatable bonds is 3. The van der Waals surface area contributed by atoms with E-state index in [9.17, 15) is 4.79 Å². The number of aryl methyl sites for hydroxylation is 3. The molecule has 0 bridgehead atoms. The number of aromatic amines is 1. The van der Waals surface area contributed by atoms with E-state index in [4.69, 9.17) is 4.98 Å². The van der Waals surface area contributed by atoms with Crippen LogP contribution in [0.15, 0.2) is 47.8 Å². The molecule has 0 saturated carbocycles. The predicted molar refractivity (Wildman–Crippen MR) is 140 cm³/mol. The van der Waals surface area contributed by atoms with Crippen LogP contribution in [-0.2, 0) is 21.1 Å². The van der Waals surface area contributed by atoms with Crippen LogP contribution in [0.4, 0.5) is 0 Å². The van der Waals surface area contributed by atoms with Gasteiger partial charge in [-0.1, -0.05) is 6.07 Å². The Bertz CT molecular complexity index is 1840. The molecule has 36 heavy (non-hydrogen) atoms. The number of H-pyrrole nitrogens is 1. The number of piperidine rings is 1. The van der Waals surface area contributed by atoms with Crippen LogP contribution in [-0.4, -0.2) is 51.8 Å². The third-order valence-electron chi connectivity index (χ3n) is 7.57. The largest absolute Gasteiger partial charge is 0.339 e. The van der Waals surface area contributed by atoms with E-state index in [0.717, 1.165) is 81.3 Å². The van der Waals surface area contributed by atoms with Crippen molar-refractivity contribution in [2.75, 3.05) is 13.1 Å². The lowest BCUT2D eigenvalue weighted by molar-refractivity contribution is 0.366. The Hall–Kier alpha value is -4.18. The molecule has 182 valence electrons. The normalized spacial score (nSPS) is 15.1. The molecule has 1 fully saturated rings. The van der Waals surface area contributed by atoms with Gasteiger partial charge in [-0.3, -0.25) is 18.5 Å². The standard InChI is InChI=1S/C26H27N9O/c1-32-14-17(12-29-32)23-21(15-4-5-19-16(10-15)11-30-34(19)3)22-24-20(13-28-25(22)31-23)33(2)26(36)35(24)18-6-8-27-9-7-18/h4-5,10-14,18,27H,6-9H2,1-3H3,(H,28,31). The predicted octanol–water partition coefficient (Wildman–Crippen LogP) is 3.10. The molecule has 0 aliphatic carbocycles. The Balaban J connectivity index is 1.62. The molecule has 1 aromatic carbocycles. The summed E-state index contributed by atoms with van der Waals surface area (Å²) >= 11 is 0. The Morgan fingerprint density at radius 1 is 0.972 bits per heavy atom. The van der Waals surface area contributed by atoms with E-state index < -0.39 is 0 Å². The van der Waals surface area contributed by atoms with Crippen LogP contribution in [0.5, 0.6) is 0 Å². The van der Waals surface area contributed by atoms with Crippen LogP contribution in [0.2, 0.25) is 0 Å². The first-order valence-corrected chi connectivity index (χ1v) is 12.2. The van der Waals surface area contributed by atoms with Gasteiger partial charge >= 0.3 is 5.69 Å². The second kappa shape index (κ2) is 7.66. The van der Waals surface area contributed by atoms with Crippen LogP contribution < -0.4 is 11.0 Å². The third-order valence-corrected chi connectivity index (χ3v) is 7.57. The van der Waals surface area contributed by atoms with Crippen molar-refractivity contribution in [1.29, 1.82) is 0 Å². The molecule has 1 saturated heterocycles. The van der Waals surface area contributed by atoms with E-state index >= 15 is 0 Å². The van der Waals surface area contributed by atoms with Crippen LogP contribution >= 0.6 is 0 Å². The Labute approximate surface area is 206 Å². The Morgan fingerprint density at radius 2 is 1.81 bits per heavy atom. The highest BCUT2D eigenvalue weighted by Gasteiger charge is 2.27. The summed E-state index contributed by atoms with van der Waals surface area (Å²) < 4.78 is 7.41. The number of nitrogens with one attached hydrogen (secondary N) is 2. The average Bonchev–Trinajstić information content (AvgIpc) is 3.64. The molecule has 5 aromatic heterocycles. The zero-order valence-corrected chi connectivity index (χ0v) is 20.5. The van der Waals surface area contributed by atoms with Gasteiger partial charge in [0.25, 0.3) is 0 Å². The van der Waals surface area contributed by atoms with Crippen LogP contribution in [0.1, 0.15) is 18.9 Å². The lowest BCUT2D eigenvalue weighted by Crippen LogP contribution is -2.34. The van der Waals surface area contributed by atoms with Crippen molar-refractivity contribution in [2.24, 2.45) is 21.1 Å². The molecule has 0 spiro atoms. The summed E-state index contributed by atoms with van der Waals surface area (Å²) in [6.45, 7) is 1.81. The van der Waals surface area contributed by atoms with E-state index in [1.54, 1.807) is 9.25 Å². The van der Waals surface area contributed by atoms with Crippen molar-refractivity contribution in [3.05, 3.63) is 53.5 Å². The van der Waals surface area contributed by atoms with E-state index in [1.165, 1.54) is 0 Å². The molecule has 1 aliphatic rings. The van der Waals surface area contributed by atoms with Crippen molar-refractivity contribution in [3.63, 3.8) is 0 Å².